The Labute approximate surface area is 131 Å². The molecular formula is C18H20N2O2. The lowest BCUT2D eigenvalue weighted by molar-refractivity contribution is 0.290. The summed E-state index contributed by atoms with van der Waals surface area (Å²) < 4.78 is 11.4. The van der Waals surface area contributed by atoms with Crippen LogP contribution in [0.1, 0.15) is 24.0 Å². The van der Waals surface area contributed by atoms with Crippen LogP contribution in [0.25, 0.3) is 0 Å². The summed E-state index contributed by atoms with van der Waals surface area (Å²) in [4.78, 5) is 0. The van der Waals surface area contributed by atoms with Gasteiger partial charge in [-0.25, -0.2) is 0 Å². The molecule has 114 valence electrons. The van der Waals surface area contributed by atoms with Crippen LogP contribution in [-0.2, 0) is 6.61 Å². The predicted octanol–water partition coefficient (Wildman–Crippen LogP) is 3.25. The minimum atomic E-state index is 0.423. The lowest BCUT2D eigenvalue weighted by Gasteiger charge is -2.12. The lowest BCUT2D eigenvalue weighted by Crippen LogP contribution is -2.05. The first-order valence-corrected chi connectivity index (χ1v) is 7.38. The summed E-state index contributed by atoms with van der Waals surface area (Å²) in [6.07, 6.45) is 1.78. The fourth-order valence-corrected chi connectivity index (χ4v) is 2.03. The average molecular weight is 296 g/mol. The maximum atomic E-state index is 9.37. The highest BCUT2D eigenvalue weighted by atomic mass is 16.5. The highest BCUT2D eigenvalue weighted by Crippen LogP contribution is 2.28. The van der Waals surface area contributed by atoms with Crippen molar-refractivity contribution >= 4 is 0 Å². The van der Waals surface area contributed by atoms with Gasteiger partial charge in [-0.3, -0.25) is 0 Å². The molecule has 0 fully saturated rings. The van der Waals surface area contributed by atoms with Crippen molar-refractivity contribution in [3.8, 4) is 17.6 Å². The van der Waals surface area contributed by atoms with E-state index in [0.717, 1.165) is 18.4 Å². The zero-order valence-corrected chi connectivity index (χ0v) is 12.5. The Morgan fingerprint density at radius 1 is 0.909 bits per heavy atom. The van der Waals surface area contributed by atoms with Crippen molar-refractivity contribution in [2.24, 2.45) is 5.73 Å². The van der Waals surface area contributed by atoms with E-state index in [0.29, 0.717) is 36.8 Å². The zero-order chi connectivity index (χ0) is 15.6. The molecule has 2 rings (SSSR count). The molecule has 0 aliphatic heterocycles. The quantitative estimate of drug-likeness (QED) is 0.759. The second-order valence-corrected chi connectivity index (χ2v) is 4.86. The van der Waals surface area contributed by atoms with Gasteiger partial charge in [0.15, 0.2) is 0 Å². The number of hydrogen-bond acceptors (Lipinski definition) is 4. The Bertz CT molecular complexity index is 621. The number of nitriles is 1. The standard InChI is InChI=1S/C18H20N2O2/c19-11-4-5-12-21-17-9-6-10-18(16(17)13-20)22-14-15-7-2-1-3-8-15/h1-3,6-10H,4-5,11-12,14,19H2. The van der Waals surface area contributed by atoms with Crippen LogP contribution in [-0.4, -0.2) is 13.2 Å². The molecule has 0 aromatic heterocycles. The molecule has 0 saturated carbocycles. The number of nitrogens with zero attached hydrogens (tertiary/aromatic N) is 1. The van der Waals surface area contributed by atoms with E-state index in [1.54, 1.807) is 12.1 Å². The van der Waals surface area contributed by atoms with E-state index in [-0.39, 0.29) is 0 Å². The van der Waals surface area contributed by atoms with Gasteiger partial charge in [-0.15, -0.1) is 0 Å². The van der Waals surface area contributed by atoms with Crippen LogP contribution in [0, 0.1) is 11.3 Å². The summed E-state index contributed by atoms with van der Waals surface area (Å²) in [5.74, 6) is 1.10. The van der Waals surface area contributed by atoms with E-state index in [9.17, 15) is 5.26 Å². The van der Waals surface area contributed by atoms with E-state index in [4.69, 9.17) is 15.2 Å². The molecule has 0 heterocycles. The first kappa shape index (κ1) is 15.9. The Hall–Kier alpha value is -2.51. The molecule has 4 heteroatoms. The van der Waals surface area contributed by atoms with Gasteiger partial charge < -0.3 is 15.2 Å². The van der Waals surface area contributed by atoms with Crippen molar-refractivity contribution in [3.63, 3.8) is 0 Å². The van der Waals surface area contributed by atoms with Gasteiger partial charge in [0.2, 0.25) is 0 Å². The maximum Gasteiger partial charge on any atom is 0.141 e. The van der Waals surface area contributed by atoms with Gasteiger partial charge in [0.05, 0.1) is 6.61 Å². The molecule has 2 N–H and O–H groups in total. The SMILES string of the molecule is N#Cc1c(OCCCCN)cccc1OCc1ccccc1. The van der Waals surface area contributed by atoms with Crippen LogP contribution in [0.5, 0.6) is 11.5 Å². The van der Waals surface area contributed by atoms with Gasteiger partial charge in [0.1, 0.15) is 29.7 Å². The molecule has 0 radical (unpaired) electrons. The van der Waals surface area contributed by atoms with Gasteiger partial charge in [0.25, 0.3) is 0 Å². The minimum absolute atomic E-state index is 0.423. The van der Waals surface area contributed by atoms with Crippen LogP contribution in [0.3, 0.4) is 0 Å². The number of unbranched alkanes of at least 4 members (excludes halogenated alkanes) is 1. The second kappa shape index (κ2) is 8.71. The molecule has 4 nitrogen and oxygen atoms in total. The molecule has 0 amide bonds. The Morgan fingerprint density at radius 2 is 1.64 bits per heavy atom. The molecule has 0 unspecified atom stereocenters. The summed E-state index contributed by atoms with van der Waals surface area (Å²) in [5, 5.41) is 9.37. The smallest absolute Gasteiger partial charge is 0.141 e. The molecule has 0 atom stereocenters. The van der Waals surface area contributed by atoms with E-state index >= 15 is 0 Å². The van der Waals surface area contributed by atoms with Crippen molar-refractivity contribution in [1.82, 2.24) is 0 Å². The van der Waals surface area contributed by atoms with Gasteiger partial charge in [-0.1, -0.05) is 36.4 Å². The summed E-state index contributed by atoms with van der Waals surface area (Å²) in [6, 6.07) is 17.4. The van der Waals surface area contributed by atoms with Gasteiger partial charge in [-0.2, -0.15) is 5.26 Å². The topological polar surface area (TPSA) is 68.3 Å². The van der Waals surface area contributed by atoms with Gasteiger partial charge >= 0.3 is 0 Å². The van der Waals surface area contributed by atoms with Gasteiger partial charge in [-0.05, 0) is 37.1 Å². The third-order valence-corrected chi connectivity index (χ3v) is 3.19. The summed E-state index contributed by atoms with van der Waals surface area (Å²) >= 11 is 0. The Morgan fingerprint density at radius 3 is 2.32 bits per heavy atom. The maximum absolute atomic E-state index is 9.37. The first-order valence-electron chi connectivity index (χ1n) is 7.38. The minimum Gasteiger partial charge on any atom is -0.492 e. The molecule has 2 aromatic rings. The average Bonchev–Trinajstić information content (AvgIpc) is 2.58. The van der Waals surface area contributed by atoms with E-state index in [1.807, 2.05) is 36.4 Å². The first-order chi connectivity index (χ1) is 10.8. The number of hydrogen-bond donors (Lipinski definition) is 1. The van der Waals surface area contributed by atoms with E-state index in [2.05, 4.69) is 6.07 Å². The molecule has 0 spiro atoms. The van der Waals surface area contributed by atoms with Crippen LogP contribution in [0.4, 0.5) is 0 Å². The normalized spacial score (nSPS) is 10.0. The molecular weight excluding hydrogens is 276 g/mol. The molecule has 22 heavy (non-hydrogen) atoms. The highest BCUT2D eigenvalue weighted by molar-refractivity contribution is 5.52. The number of nitrogens with two attached hydrogens (primary N) is 1. The molecule has 0 bridgehead atoms. The predicted molar refractivity (Wildman–Crippen MR) is 85.7 cm³/mol. The van der Waals surface area contributed by atoms with Crippen molar-refractivity contribution < 1.29 is 9.47 Å². The summed E-state index contributed by atoms with van der Waals surface area (Å²) in [7, 11) is 0. The lowest BCUT2D eigenvalue weighted by atomic mass is 10.2. The Kier molecular flexibility index (Phi) is 6.28. The Balaban J connectivity index is 2.03. The van der Waals surface area contributed by atoms with Crippen LogP contribution in [0.2, 0.25) is 0 Å². The number of rotatable bonds is 8. The van der Waals surface area contributed by atoms with Crippen molar-refractivity contribution in [2.45, 2.75) is 19.4 Å². The largest absolute Gasteiger partial charge is 0.492 e. The van der Waals surface area contributed by atoms with Crippen molar-refractivity contribution in [2.75, 3.05) is 13.2 Å². The fourth-order valence-electron chi connectivity index (χ4n) is 2.03. The van der Waals surface area contributed by atoms with Crippen molar-refractivity contribution in [3.05, 3.63) is 59.7 Å². The van der Waals surface area contributed by atoms with Crippen LogP contribution >= 0.6 is 0 Å². The fraction of sp³-hybridized carbons (Fsp3) is 0.278. The highest BCUT2D eigenvalue weighted by Gasteiger charge is 2.10. The molecule has 0 aliphatic carbocycles. The zero-order valence-electron chi connectivity index (χ0n) is 12.5. The van der Waals surface area contributed by atoms with Crippen molar-refractivity contribution in [1.29, 1.82) is 5.26 Å². The van der Waals surface area contributed by atoms with Crippen LogP contribution < -0.4 is 15.2 Å². The second-order valence-electron chi connectivity index (χ2n) is 4.86. The molecule has 0 aliphatic rings. The van der Waals surface area contributed by atoms with E-state index < -0.39 is 0 Å². The number of benzene rings is 2. The van der Waals surface area contributed by atoms with E-state index in [1.165, 1.54) is 0 Å². The third-order valence-electron chi connectivity index (χ3n) is 3.19. The van der Waals surface area contributed by atoms with Crippen LogP contribution in [0.15, 0.2) is 48.5 Å². The molecule has 0 saturated heterocycles. The third kappa shape index (κ3) is 4.51. The molecule has 2 aromatic carbocycles. The number of ether oxygens (including phenoxy) is 2. The summed E-state index contributed by atoms with van der Waals surface area (Å²) in [5.41, 5.74) is 6.95. The summed E-state index contributed by atoms with van der Waals surface area (Å²) in [6.45, 7) is 1.62. The monoisotopic (exact) mass is 296 g/mol. The van der Waals surface area contributed by atoms with Gasteiger partial charge in [0, 0.05) is 0 Å².